The van der Waals surface area contributed by atoms with Crippen molar-refractivity contribution in [2.24, 2.45) is 5.92 Å². The molecule has 1 saturated heterocycles. The molecule has 0 radical (unpaired) electrons. The van der Waals surface area contributed by atoms with Gasteiger partial charge in [0, 0.05) is 40.9 Å². The highest BCUT2D eigenvalue weighted by Gasteiger charge is 2.36. The highest BCUT2D eigenvalue weighted by atomic mass is 79.9. The molecule has 0 saturated carbocycles. The molecule has 9 nitrogen and oxygen atoms in total. The van der Waals surface area contributed by atoms with Crippen molar-refractivity contribution in [1.82, 2.24) is 0 Å². The van der Waals surface area contributed by atoms with E-state index in [4.69, 9.17) is 4.74 Å². The van der Waals surface area contributed by atoms with E-state index in [1.807, 2.05) is 0 Å². The number of halogens is 1. The van der Waals surface area contributed by atoms with Crippen LogP contribution < -0.4 is 10.2 Å². The molecule has 0 unspecified atom stereocenters. The van der Waals surface area contributed by atoms with Crippen molar-refractivity contribution >= 4 is 50.8 Å². The van der Waals surface area contributed by atoms with Gasteiger partial charge in [-0.05, 0) is 30.3 Å². The molecule has 3 rings (SSSR count). The van der Waals surface area contributed by atoms with Crippen LogP contribution in [0.25, 0.3) is 0 Å². The number of carbonyl (C=O) groups excluding carboxylic acids is 3. The SMILES string of the molecule is O=C(COC(=O)[C@H]1CC(=O)N(c2ccc(Br)cc2)C1)Nc1cccc([N+](=O)[O-])c1. The molecule has 0 bridgehead atoms. The van der Waals surface area contributed by atoms with Crippen LogP contribution in [-0.4, -0.2) is 35.9 Å². The lowest BCUT2D eigenvalue weighted by Crippen LogP contribution is -2.28. The van der Waals surface area contributed by atoms with E-state index in [2.05, 4.69) is 21.2 Å². The Morgan fingerprint density at radius 2 is 1.97 bits per heavy atom. The van der Waals surface area contributed by atoms with E-state index in [1.165, 1.54) is 29.2 Å². The van der Waals surface area contributed by atoms with Crippen LogP contribution in [0, 0.1) is 16.0 Å². The number of amides is 2. The van der Waals surface area contributed by atoms with Crippen molar-refractivity contribution in [1.29, 1.82) is 0 Å². The Balaban J connectivity index is 1.52. The second-order valence-corrected chi connectivity index (χ2v) is 7.26. The lowest BCUT2D eigenvalue weighted by atomic mass is 10.1. The summed E-state index contributed by atoms with van der Waals surface area (Å²) in [6, 6.07) is 12.5. The first-order valence-electron chi connectivity index (χ1n) is 8.60. The van der Waals surface area contributed by atoms with Gasteiger partial charge < -0.3 is 15.0 Å². The summed E-state index contributed by atoms with van der Waals surface area (Å²) in [6.07, 6.45) is 0.00139. The summed E-state index contributed by atoms with van der Waals surface area (Å²) in [5.74, 6) is -2.15. The molecule has 1 aliphatic heterocycles. The molecule has 2 aromatic rings. The minimum absolute atomic E-state index is 0.00139. The number of anilines is 2. The van der Waals surface area contributed by atoms with Crippen molar-refractivity contribution in [2.75, 3.05) is 23.4 Å². The predicted octanol–water partition coefficient (Wildman–Crippen LogP) is 2.89. The van der Waals surface area contributed by atoms with Gasteiger partial charge in [-0.15, -0.1) is 0 Å². The molecule has 10 heteroatoms. The zero-order valence-electron chi connectivity index (χ0n) is 15.0. The average molecular weight is 462 g/mol. The first-order valence-corrected chi connectivity index (χ1v) is 9.39. The highest BCUT2D eigenvalue weighted by molar-refractivity contribution is 9.10. The number of nitro groups is 1. The quantitative estimate of drug-likeness (QED) is 0.401. The zero-order valence-corrected chi connectivity index (χ0v) is 16.6. The normalized spacial score (nSPS) is 15.8. The molecule has 1 aliphatic rings. The maximum Gasteiger partial charge on any atom is 0.311 e. The van der Waals surface area contributed by atoms with Crippen molar-refractivity contribution in [3.63, 3.8) is 0 Å². The van der Waals surface area contributed by atoms with Gasteiger partial charge in [0.05, 0.1) is 10.8 Å². The minimum atomic E-state index is -0.670. The van der Waals surface area contributed by atoms with E-state index in [1.54, 1.807) is 24.3 Å². The summed E-state index contributed by atoms with van der Waals surface area (Å²) >= 11 is 3.32. The average Bonchev–Trinajstić information content (AvgIpc) is 3.08. The van der Waals surface area contributed by atoms with Gasteiger partial charge in [-0.1, -0.05) is 22.0 Å². The van der Waals surface area contributed by atoms with Crippen LogP contribution >= 0.6 is 15.9 Å². The minimum Gasteiger partial charge on any atom is -0.455 e. The third-order valence-electron chi connectivity index (χ3n) is 4.28. The Labute approximate surface area is 173 Å². The summed E-state index contributed by atoms with van der Waals surface area (Å²) < 4.78 is 5.89. The first-order chi connectivity index (χ1) is 13.8. The number of nitrogens with zero attached hydrogens (tertiary/aromatic N) is 2. The molecule has 29 heavy (non-hydrogen) atoms. The van der Waals surface area contributed by atoms with Gasteiger partial charge in [-0.2, -0.15) is 0 Å². The summed E-state index contributed by atoms with van der Waals surface area (Å²) in [5, 5.41) is 13.2. The number of hydrogen-bond donors (Lipinski definition) is 1. The molecule has 2 aromatic carbocycles. The monoisotopic (exact) mass is 461 g/mol. The van der Waals surface area contributed by atoms with E-state index < -0.39 is 29.3 Å². The van der Waals surface area contributed by atoms with E-state index in [0.29, 0.717) is 5.69 Å². The maximum atomic E-state index is 12.2. The summed E-state index contributed by atoms with van der Waals surface area (Å²) in [6.45, 7) is -0.379. The van der Waals surface area contributed by atoms with Crippen LogP contribution in [0.4, 0.5) is 17.1 Å². The molecular weight excluding hydrogens is 446 g/mol. The van der Waals surface area contributed by atoms with Crippen molar-refractivity contribution in [3.8, 4) is 0 Å². The molecule has 0 spiro atoms. The highest BCUT2D eigenvalue weighted by Crippen LogP contribution is 2.27. The van der Waals surface area contributed by atoms with Crippen molar-refractivity contribution in [3.05, 3.63) is 63.1 Å². The molecule has 0 aromatic heterocycles. The summed E-state index contributed by atoms with van der Waals surface area (Å²) in [4.78, 5) is 48.1. The molecule has 2 amide bonds. The number of esters is 1. The number of nitrogens with one attached hydrogen (secondary N) is 1. The van der Waals surface area contributed by atoms with E-state index in [0.717, 1.165) is 4.47 Å². The van der Waals surface area contributed by atoms with Crippen LogP contribution in [0.2, 0.25) is 0 Å². The molecular formula is C19H16BrN3O6. The lowest BCUT2D eigenvalue weighted by molar-refractivity contribution is -0.384. The van der Waals surface area contributed by atoms with E-state index in [9.17, 15) is 24.5 Å². The Morgan fingerprint density at radius 3 is 2.66 bits per heavy atom. The molecule has 1 heterocycles. The van der Waals surface area contributed by atoms with Crippen LogP contribution in [0.15, 0.2) is 53.0 Å². The molecule has 1 atom stereocenters. The number of nitro benzene ring substituents is 1. The summed E-state index contributed by atoms with van der Waals surface area (Å²) in [5.41, 5.74) is 0.729. The van der Waals surface area contributed by atoms with Gasteiger partial charge in [0.1, 0.15) is 0 Å². The number of carbonyl (C=O) groups is 3. The fourth-order valence-electron chi connectivity index (χ4n) is 2.88. The van der Waals surface area contributed by atoms with E-state index >= 15 is 0 Å². The van der Waals surface area contributed by atoms with Gasteiger partial charge in [-0.25, -0.2) is 0 Å². The zero-order chi connectivity index (χ0) is 21.0. The second kappa shape index (κ2) is 8.82. The van der Waals surface area contributed by atoms with Crippen LogP contribution in [0.1, 0.15) is 6.42 Å². The van der Waals surface area contributed by atoms with Gasteiger partial charge >= 0.3 is 5.97 Å². The van der Waals surface area contributed by atoms with Gasteiger partial charge in [0.2, 0.25) is 5.91 Å². The Morgan fingerprint density at radius 1 is 1.24 bits per heavy atom. The topological polar surface area (TPSA) is 119 Å². The molecule has 1 N–H and O–H groups in total. The second-order valence-electron chi connectivity index (χ2n) is 6.35. The van der Waals surface area contributed by atoms with Crippen molar-refractivity contribution < 1.29 is 24.0 Å². The van der Waals surface area contributed by atoms with Gasteiger partial charge in [-0.3, -0.25) is 24.5 Å². The predicted molar refractivity (Wildman–Crippen MR) is 107 cm³/mol. The van der Waals surface area contributed by atoms with Crippen LogP contribution in [-0.2, 0) is 19.1 Å². The number of rotatable bonds is 6. The molecule has 1 fully saturated rings. The number of non-ortho nitro benzene ring substituents is 1. The number of ether oxygens (including phenoxy) is 1. The van der Waals surface area contributed by atoms with Crippen LogP contribution in [0.3, 0.4) is 0 Å². The fourth-order valence-corrected chi connectivity index (χ4v) is 3.15. The lowest BCUT2D eigenvalue weighted by Gasteiger charge is -2.16. The fraction of sp³-hybridized carbons (Fsp3) is 0.211. The number of hydrogen-bond acceptors (Lipinski definition) is 6. The largest absolute Gasteiger partial charge is 0.455 e. The Hall–Kier alpha value is -3.27. The first kappa shape index (κ1) is 20.5. The standard InChI is InChI=1S/C19H16BrN3O6/c20-13-4-6-15(7-5-13)22-10-12(8-18(22)25)19(26)29-11-17(24)21-14-2-1-3-16(9-14)23(27)28/h1-7,9,12H,8,10-11H2,(H,21,24)/t12-/m0/s1. The molecule has 0 aliphatic carbocycles. The van der Waals surface area contributed by atoms with E-state index in [-0.39, 0.29) is 30.2 Å². The Bertz CT molecular complexity index is 963. The molecule has 150 valence electrons. The van der Waals surface area contributed by atoms with Crippen molar-refractivity contribution in [2.45, 2.75) is 6.42 Å². The maximum absolute atomic E-state index is 12.2. The summed E-state index contributed by atoms with van der Waals surface area (Å²) in [7, 11) is 0. The Kier molecular flexibility index (Phi) is 6.23. The number of benzene rings is 2. The third-order valence-corrected chi connectivity index (χ3v) is 4.81. The van der Waals surface area contributed by atoms with Gasteiger partial charge in [0.15, 0.2) is 6.61 Å². The third kappa shape index (κ3) is 5.17. The smallest absolute Gasteiger partial charge is 0.311 e. The van der Waals surface area contributed by atoms with Gasteiger partial charge in [0.25, 0.3) is 11.6 Å². The van der Waals surface area contributed by atoms with Crippen LogP contribution in [0.5, 0.6) is 0 Å².